The van der Waals surface area contributed by atoms with Crippen molar-refractivity contribution in [1.29, 1.82) is 5.26 Å². The number of methoxy groups -OCH3 is 1. The van der Waals surface area contributed by atoms with Gasteiger partial charge in [0.15, 0.2) is 16.7 Å². The highest BCUT2D eigenvalue weighted by Gasteiger charge is 2.26. The lowest BCUT2D eigenvalue weighted by molar-refractivity contribution is -0.479. The molecule has 0 radical (unpaired) electrons. The standard InChI is InChI=1S/C28H26ClN5O4S/c1-17-9-10-23(11-18(17)2)34-19(3)31-32-28(34)39-26(15-33(35)36)22-12-24(29)27(25(13-22)37-4)38-16-21-8-6-5-7-20(21)14-30/h5-13,26H,15-16H2,1-4H3/t26-/m1/s1. The summed E-state index contributed by atoms with van der Waals surface area (Å²) in [6, 6.07) is 18.6. The van der Waals surface area contributed by atoms with Crippen molar-refractivity contribution >= 4 is 23.4 Å². The predicted octanol–water partition coefficient (Wildman–Crippen LogP) is 6.42. The third-order valence-electron chi connectivity index (χ3n) is 6.24. The summed E-state index contributed by atoms with van der Waals surface area (Å²) in [5.41, 5.74) is 4.92. The second-order valence-corrected chi connectivity index (χ2v) is 10.4. The predicted molar refractivity (Wildman–Crippen MR) is 150 cm³/mol. The zero-order chi connectivity index (χ0) is 28.1. The molecule has 1 aromatic heterocycles. The summed E-state index contributed by atoms with van der Waals surface area (Å²) in [6.45, 7) is 5.62. The number of nitro groups is 1. The Labute approximate surface area is 235 Å². The summed E-state index contributed by atoms with van der Waals surface area (Å²) >= 11 is 7.85. The Morgan fingerprint density at radius 2 is 1.90 bits per heavy atom. The Kier molecular flexibility index (Phi) is 8.74. The maximum atomic E-state index is 11.7. The fourth-order valence-electron chi connectivity index (χ4n) is 4.03. The molecule has 4 aromatic rings. The summed E-state index contributed by atoms with van der Waals surface area (Å²) in [4.78, 5) is 11.3. The van der Waals surface area contributed by atoms with Crippen molar-refractivity contribution in [3.8, 4) is 23.3 Å². The van der Waals surface area contributed by atoms with E-state index in [4.69, 9.17) is 21.1 Å². The van der Waals surface area contributed by atoms with E-state index in [0.717, 1.165) is 16.8 Å². The largest absolute Gasteiger partial charge is 0.493 e. The molecule has 0 fully saturated rings. The average Bonchev–Trinajstić information content (AvgIpc) is 3.28. The monoisotopic (exact) mass is 563 g/mol. The average molecular weight is 564 g/mol. The van der Waals surface area contributed by atoms with Crippen LogP contribution in [0.3, 0.4) is 0 Å². The molecule has 0 aliphatic heterocycles. The second-order valence-electron chi connectivity index (χ2n) is 8.85. The van der Waals surface area contributed by atoms with Crippen molar-refractivity contribution < 1.29 is 14.4 Å². The van der Waals surface area contributed by atoms with Gasteiger partial charge >= 0.3 is 0 Å². The van der Waals surface area contributed by atoms with Crippen molar-refractivity contribution in [3.05, 3.63) is 103 Å². The number of aryl methyl sites for hydroxylation is 3. The highest BCUT2D eigenvalue weighted by Crippen LogP contribution is 2.43. The minimum absolute atomic E-state index is 0.102. The number of thioether (sulfide) groups is 1. The molecule has 0 aliphatic carbocycles. The van der Waals surface area contributed by atoms with Gasteiger partial charge in [0.25, 0.3) is 0 Å². The lowest BCUT2D eigenvalue weighted by Crippen LogP contribution is -2.12. The number of nitrogens with zero attached hydrogens (tertiary/aromatic N) is 5. The van der Waals surface area contributed by atoms with E-state index >= 15 is 0 Å². The van der Waals surface area contributed by atoms with Gasteiger partial charge in [-0.1, -0.05) is 47.6 Å². The number of hydrogen-bond donors (Lipinski definition) is 0. The molecule has 0 saturated carbocycles. The van der Waals surface area contributed by atoms with Gasteiger partial charge in [-0.2, -0.15) is 5.26 Å². The molecule has 0 N–H and O–H groups in total. The maximum absolute atomic E-state index is 11.7. The zero-order valence-corrected chi connectivity index (χ0v) is 23.4. The molecule has 0 unspecified atom stereocenters. The number of ether oxygens (including phenoxy) is 2. The lowest BCUT2D eigenvalue weighted by atomic mass is 10.1. The smallest absolute Gasteiger partial charge is 0.220 e. The summed E-state index contributed by atoms with van der Waals surface area (Å²) in [5, 5.41) is 29.7. The second kappa shape index (κ2) is 12.2. The van der Waals surface area contributed by atoms with E-state index < -0.39 is 5.25 Å². The van der Waals surface area contributed by atoms with Crippen molar-refractivity contribution in [2.24, 2.45) is 0 Å². The highest BCUT2D eigenvalue weighted by atomic mass is 35.5. The van der Waals surface area contributed by atoms with Gasteiger partial charge in [0.2, 0.25) is 6.54 Å². The van der Waals surface area contributed by atoms with Crippen molar-refractivity contribution in [2.75, 3.05) is 13.7 Å². The third kappa shape index (κ3) is 6.33. The van der Waals surface area contributed by atoms with Crippen LogP contribution in [-0.4, -0.2) is 33.3 Å². The van der Waals surface area contributed by atoms with Crippen LogP contribution in [0.4, 0.5) is 0 Å². The van der Waals surface area contributed by atoms with Crippen molar-refractivity contribution in [2.45, 2.75) is 37.8 Å². The fraction of sp³-hybridized carbons (Fsp3) is 0.250. The van der Waals surface area contributed by atoms with Crippen LogP contribution < -0.4 is 9.47 Å². The Morgan fingerprint density at radius 3 is 2.59 bits per heavy atom. The van der Waals surface area contributed by atoms with E-state index in [9.17, 15) is 15.4 Å². The van der Waals surface area contributed by atoms with Crippen LogP contribution in [0.25, 0.3) is 5.69 Å². The number of benzene rings is 3. The molecular formula is C28H26ClN5O4S. The molecule has 0 amide bonds. The van der Waals surface area contributed by atoms with E-state index in [2.05, 4.69) is 16.3 Å². The van der Waals surface area contributed by atoms with Gasteiger partial charge in [-0.15, -0.1) is 10.2 Å². The quantitative estimate of drug-likeness (QED) is 0.123. The van der Waals surface area contributed by atoms with E-state index in [1.54, 1.807) is 30.3 Å². The summed E-state index contributed by atoms with van der Waals surface area (Å²) in [6.07, 6.45) is 0. The fourth-order valence-corrected chi connectivity index (χ4v) is 5.45. The number of aromatic nitrogens is 3. The van der Waals surface area contributed by atoms with Crippen LogP contribution in [0.15, 0.2) is 59.8 Å². The number of hydrogen-bond acceptors (Lipinski definition) is 8. The molecule has 4 rings (SSSR count). The molecule has 1 heterocycles. The topological polar surface area (TPSA) is 116 Å². The van der Waals surface area contributed by atoms with Crippen molar-refractivity contribution in [1.82, 2.24) is 14.8 Å². The summed E-state index contributed by atoms with van der Waals surface area (Å²) in [5.74, 6) is 1.28. The Bertz CT molecular complexity index is 1570. The van der Waals surface area contributed by atoms with Gasteiger partial charge < -0.3 is 9.47 Å². The van der Waals surface area contributed by atoms with E-state index in [1.165, 1.54) is 18.9 Å². The first-order valence-corrected chi connectivity index (χ1v) is 13.2. The lowest BCUT2D eigenvalue weighted by Gasteiger charge is -2.18. The molecule has 200 valence electrons. The third-order valence-corrected chi connectivity index (χ3v) is 7.70. The minimum atomic E-state index is -0.645. The van der Waals surface area contributed by atoms with Crippen LogP contribution in [0.5, 0.6) is 11.5 Å². The Morgan fingerprint density at radius 1 is 1.13 bits per heavy atom. The minimum Gasteiger partial charge on any atom is -0.493 e. The first-order valence-electron chi connectivity index (χ1n) is 12.0. The molecular weight excluding hydrogens is 538 g/mol. The van der Waals surface area contributed by atoms with Gasteiger partial charge in [-0.05, 0) is 67.8 Å². The molecule has 3 aromatic carbocycles. The number of nitriles is 1. The van der Waals surface area contributed by atoms with E-state index in [1.807, 2.05) is 49.6 Å². The highest BCUT2D eigenvalue weighted by molar-refractivity contribution is 7.99. The Hall–Kier alpha value is -4.07. The van der Waals surface area contributed by atoms with Gasteiger partial charge in [-0.25, -0.2) is 0 Å². The molecule has 9 nitrogen and oxygen atoms in total. The SMILES string of the molecule is COc1cc([C@@H](C[N+](=O)[O-])Sc2nnc(C)n2-c2ccc(C)c(C)c2)cc(Cl)c1OCc1ccccc1C#N. The first kappa shape index (κ1) is 28.0. The molecule has 1 atom stereocenters. The molecule has 0 bridgehead atoms. The molecule has 0 saturated heterocycles. The first-order chi connectivity index (χ1) is 18.7. The van der Waals surface area contributed by atoms with Crippen LogP contribution in [0, 0.1) is 42.2 Å². The summed E-state index contributed by atoms with van der Waals surface area (Å²) < 4.78 is 13.4. The molecule has 39 heavy (non-hydrogen) atoms. The summed E-state index contributed by atoms with van der Waals surface area (Å²) in [7, 11) is 1.47. The van der Waals surface area contributed by atoms with E-state index in [0.29, 0.717) is 33.4 Å². The van der Waals surface area contributed by atoms with Gasteiger partial charge in [-0.3, -0.25) is 14.7 Å². The van der Waals surface area contributed by atoms with Crippen molar-refractivity contribution in [3.63, 3.8) is 0 Å². The van der Waals surface area contributed by atoms with Crippen LogP contribution >= 0.6 is 23.4 Å². The van der Waals surface area contributed by atoms with Crippen LogP contribution in [0.1, 0.15) is 38.9 Å². The van der Waals surface area contributed by atoms with E-state index in [-0.39, 0.29) is 28.8 Å². The van der Waals surface area contributed by atoms with Gasteiger partial charge in [0.05, 0.1) is 23.8 Å². The molecule has 0 spiro atoms. The number of rotatable bonds is 10. The maximum Gasteiger partial charge on any atom is 0.220 e. The molecule has 0 aliphatic rings. The van der Waals surface area contributed by atoms with Gasteiger partial charge in [0.1, 0.15) is 17.7 Å². The molecule has 11 heteroatoms. The zero-order valence-electron chi connectivity index (χ0n) is 21.8. The normalized spacial score (nSPS) is 11.6. The number of halogens is 1. The Balaban J connectivity index is 1.67. The van der Waals surface area contributed by atoms with Crippen LogP contribution in [-0.2, 0) is 6.61 Å². The van der Waals surface area contributed by atoms with Gasteiger partial charge in [0, 0.05) is 16.2 Å². The van der Waals surface area contributed by atoms with Crippen LogP contribution in [0.2, 0.25) is 5.02 Å².